The Morgan fingerprint density at radius 1 is 1.12 bits per heavy atom. The molecule has 3 aromatic rings. The molecule has 2 aromatic heterocycles. The predicted octanol–water partition coefficient (Wildman–Crippen LogP) is 4.13. The van der Waals surface area contributed by atoms with E-state index in [4.69, 9.17) is 10.2 Å². The van der Waals surface area contributed by atoms with Gasteiger partial charge in [0, 0.05) is 41.6 Å². The van der Waals surface area contributed by atoms with Crippen molar-refractivity contribution in [3.05, 3.63) is 107 Å². The maximum atomic E-state index is 13.7. The van der Waals surface area contributed by atoms with E-state index in [2.05, 4.69) is 16.0 Å². The van der Waals surface area contributed by atoms with Crippen LogP contribution in [0.1, 0.15) is 41.6 Å². The molecule has 7 heteroatoms. The van der Waals surface area contributed by atoms with Crippen molar-refractivity contribution in [1.82, 2.24) is 4.98 Å². The number of benzene rings is 1. The van der Waals surface area contributed by atoms with Crippen molar-refractivity contribution in [3.8, 4) is 6.07 Å². The lowest BCUT2D eigenvalue weighted by Gasteiger charge is -2.43. The summed E-state index contributed by atoms with van der Waals surface area (Å²) < 4.78 is 5.66. The molecule has 33 heavy (non-hydrogen) atoms. The molecule has 0 saturated heterocycles. The standard InChI is InChI=1S/C26H19N5O2/c27-13-18-23(15-5-3-9-29-14-15)24-20(11-16(12-21(24)32)22-8-4-10-33-22)31-19-7-2-1-6-17(19)25(28)30-26(18)31/h1-10,14,16,23H,11-12H2,(H2,28,30). The van der Waals surface area contributed by atoms with Gasteiger partial charge in [0.1, 0.15) is 11.6 Å². The molecule has 0 radical (unpaired) electrons. The number of nitrogens with two attached hydrogens (primary N) is 1. The summed E-state index contributed by atoms with van der Waals surface area (Å²) in [5.41, 5.74) is 10.5. The first kappa shape index (κ1) is 19.3. The van der Waals surface area contributed by atoms with Crippen LogP contribution >= 0.6 is 0 Å². The highest BCUT2D eigenvalue weighted by molar-refractivity contribution is 6.08. The minimum atomic E-state index is -0.545. The zero-order valence-corrected chi connectivity index (χ0v) is 17.6. The molecule has 3 aliphatic rings. The first-order valence-corrected chi connectivity index (χ1v) is 10.7. The summed E-state index contributed by atoms with van der Waals surface area (Å²) in [5, 5.41) is 10.3. The molecular formula is C26H19N5O2. The topological polar surface area (TPSA) is 109 Å². The third kappa shape index (κ3) is 2.84. The van der Waals surface area contributed by atoms with Crippen LogP contribution in [0.15, 0.2) is 99.3 Å². The summed E-state index contributed by atoms with van der Waals surface area (Å²) in [7, 11) is 0. The van der Waals surface area contributed by atoms with E-state index in [-0.39, 0.29) is 11.7 Å². The van der Waals surface area contributed by atoms with Crippen molar-refractivity contribution in [2.45, 2.75) is 24.7 Å². The van der Waals surface area contributed by atoms with Crippen LogP contribution in [0, 0.1) is 11.3 Å². The van der Waals surface area contributed by atoms with Crippen molar-refractivity contribution in [2.75, 3.05) is 4.90 Å². The molecule has 4 heterocycles. The number of fused-ring (bicyclic) bond motifs is 4. The lowest BCUT2D eigenvalue weighted by molar-refractivity contribution is -0.116. The molecule has 1 aromatic carbocycles. The number of ketones is 1. The number of carbonyl (C=O) groups is 1. The summed E-state index contributed by atoms with van der Waals surface area (Å²) >= 11 is 0. The monoisotopic (exact) mass is 433 g/mol. The number of anilines is 1. The number of rotatable bonds is 2. The fourth-order valence-corrected chi connectivity index (χ4v) is 5.12. The molecule has 2 atom stereocenters. The first-order valence-electron chi connectivity index (χ1n) is 10.7. The van der Waals surface area contributed by atoms with Gasteiger partial charge in [-0.25, -0.2) is 4.99 Å². The van der Waals surface area contributed by atoms with Crippen molar-refractivity contribution in [1.29, 1.82) is 5.26 Å². The molecule has 1 aliphatic carbocycles. The number of Topliss-reactive ketones (excluding diaryl/α,β-unsaturated/α-hetero) is 1. The van der Waals surface area contributed by atoms with Crippen LogP contribution in [-0.4, -0.2) is 16.6 Å². The van der Waals surface area contributed by atoms with Gasteiger partial charge in [0.15, 0.2) is 11.6 Å². The van der Waals surface area contributed by atoms with E-state index >= 15 is 0 Å². The number of hydrogen-bond acceptors (Lipinski definition) is 7. The van der Waals surface area contributed by atoms with E-state index in [9.17, 15) is 10.1 Å². The van der Waals surface area contributed by atoms with Crippen molar-refractivity contribution < 1.29 is 9.21 Å². The Morgan fingerprint density at radius 2 is 2.00 bits per heavy atom. The number of nitriles is 1. The fraction of sp³-hybridized carbons (Fsp3) is 0.154. The van der Waals surface area contributed by atoms with Gasteiger partial charge in [-0.05, 0) is 42.3 Å². The van der Waals surface area contributed by atoms with Gasteiger partial charge in [0.25, 0.3) is 0 Å². The summed E-state index contributed by atoms with van der Waals surface area (Å²) in [5.74, 6) is 0.950. The van der Waals surface area contributed by atoms with Gasteiger partial charge >= 0.3 is 0 Å². The summed E-state index contributed by atoms with van der Waals surface area (Å²) in [6.07, 6.45) is 5.91. The lowest BCUT2D eigenvalue weighted by Crippen LogP contribution is -2.40. The highest BCUT2D eigenvalue weighted by Gasteiger charge is 2.45. The average molecular weight is 433 g/mol. The van der Waals surface area contributed by atoms with Gasteiger partial charge < -0.3 is 10.2 Å². The Hall–Kier alpha value is -4.44. The van der Waals surface area contributed by atoms with Crippen molar-refractivity contribution >= 4 is 17.3 Å². The zero-order valence-electron chi connectivity index (χ0n) is 17.6. The summed E-state index contributed by atoms with van der Waals surface area (Å²) in [4.78, 5) is 24.5. The number of aliphatic imine (C=N–C) groups is 1. The van der Waals surface area contributed by atoms with Gasteiger partial charge in [0.2, 0.25) is 0 Å². The third-order valence-corrected chi connectivity index (χ3v) is 6.51. The second-order valence-corrected chi connectivity index (χ2v) is 8.32. The molecule has 2 unspecified atom stereocenters. The number of amidine groups is 1. The van der Waals surface area contributed by atoms with E-state index in [1.807, 2.05) is 53.4 Å². The van der Waals surface area contributed by atoms with Crippen LogP contribution in [0.2, 0.25) is 0 Å². The lowest BCUT2D eigenvalue weighted by atomic mass is 9.72. The van der Waals surface area contributed by atoms with Crippen LogP contribution in [0.3, 0.4) is 0 Å². The van der Waals surface area contributed by atoms with Gasteiger partial charge in [0.05, 0.1) is 29.5 Å². The molecule has 6 rings (SSSR count). The van der Waals surface area contributed by atoms with Crippen molar-refractivity contribution in [3.63, 3.8) is 0 Å². The molecule has 160 valence electrons. The SMILES string of the molecule is N#CC1=C2N=C(N)c3ccccc3N2C2=C(C(=O)CC(c3ccco3)C2)C1c1cccnc1. The minimum absolute atomic E-state index is 0.00157. The van der Waals surface area contributed by atoms with Crippen LogP contribution in [0.4, 0.5) is 5.69 Å². The number of hydrogen-bond donors (Lipinski definition) is 1. The molecular weight excluding hydrogens is 414 g/mol. The Morgan fingerprint density at radius 3 is 2.76 bits per heavy atom. The number of nitrogens with zero attached hydrogens (tertiary/aromatic N) is 4. The molecule has 7 nitrogen and oxygen atoms in total. The fourth-order valence-electron chi connectivity index (χ4n) is 5.12. The molecule has 0 amide bonds. The van der Waals surface area contributed by atoms with E-state index in [1.54, 1.807) is 18.7 Å². The number of aromatic nitrogens is 1. The Labute approximate surface area is 190 Å². The Balaban J connectivity index is 1.63. The van der Waals surface area contributed by atoms with Gasteiger partial charge in [-0.1, -0.05) is 18.2 Å². The maximum absolute atomic E-state index is 13.7. The van der Waals surface area contributed by atoms with Crippen molar-refractivity contribution in [2.24, 2.45) is 10.7 Å². The van der Waals surface area contributed by atoms with E-state index < -0.39 is 5.92 Å². The van der Waals surface area contributed by atoms with E-state index in [1.165, 1.54) is 0 Å². The summed E-state index contributed by atoms with van der Waals surface area (Å²) in [6, 6.07) is 17.5. The molecule has 2 N–H and O–H groups in total. The van der Waals surface area contributed by atoms with Gasteiger partial charge in [-0.2, -0.15) is 5.26 Å². The van der Waals surface area contributed by atoms with Crippen LogP contribution < -0.4 is 10.6 Å². The van der Waals surface area contributed by atoms with Crippen LogP contribution in [0.5, 0.6) is 0 Å². The number of pyridine rings is 1. The van der Waals surface area contributed by atoms with E-state index in [0.717, 1.165) is 28.3 Å². The highest BCUT2D eigenvalue weighted by Crippen LogP contribution is 2.51. The van der Waals surface area contributed by atoms with Gasteiger partial charge in [-0.15, -0.1) is 0 Å². The Bertz CT molecular complexity index is 1410. The first-order chi connectivity index (χ1) is 16.2. The highest BCUT2D eigenvalue weighted by atomic mass is 16.3. The molecule has 0 saturated carbocycles. The summed E-state index contributed by atoms with van der Waals surface area (Å²) in [6.45, 7) is 0. The third-order valence-electron chi connectivity index (χ3n) is 6.51. The number of furan rings is 1. The van der Waals surface area contributed by atoms with Crippen LogP contribution in [-0.2, 0) is 4.79 Å². The zero-order chi connectivity index (χ0) is 22.5. The normalized spacial score (nSPS) is 21.7. The van der Waals surface area contributed by atoms with Gasteiger partial charge in [-0.3, -0.25) is 14.7 Å². The second kappa shape index (κ2) is 7.31. The largest absolute Gasteiger partial charge is 0.469 e. The molecule has 0 bridgehead atoms. The number of carbonyl (C=O) groups excluding carboxylic acids is 1. The maximum Gasteiger partial charge on any atom is 0.162 e. The number of para-hydroxylation sites is 1. The number of allylic oxidation sites excluding steroid dienone is 3. The molecule has 2 aliphatic heterocycles. The molecule has 0 spiro atoms. The van der Waals surface area contributed by atoms with E-state index in [0.29, 0.717) is 35.6 Å². The van der Waals surface area contributed by atoms with Crippen LogP contribution in [0.25, 0.3) is 0 Å². The second-order valence-electron chi connectivity index (χ2n) is 8.32. The minimum Gasteiger partial charge on any atom is -0.469 e. The quantitative estimate of drug-likeness (QED) is 0.651. The molecule has 0 fully saturated rings. The predicted molar refractivity (Wildman–Crippen MR) is 122 cm³/mol. The Kier molecular flexibility index (Phi) is 4.27. The smallest absolute Gasteiger partial charge is 0.162 e. The average Bonchev–Trinajstić information content (AvgIpc) is 3.39.